The highest BCUT2D eigenvalue weighted by molar-refractivity contribution is 6.31. The zero-order chi connectivity index (χ0) is 18.1. The van der Waals surface area contributed by atoms with Gasteiger partial charge in [0.1, 0.15) is 0 Å². The van der Waals surface area contributed by atoms with Crippen molar-refractivity contribution in [2.45, 2.75) is 51.6 Å². The van der Waals surface area contributed by atoms with Crippen molar-refractivity contribution in [2.75, 3.05) is 33.4 Å². The summed E-state index contributed by atoms with van der Waals surface area (Å²) in [7, 11) is 1.76. The van der Waals surface area contributed by atoms with Crippen molar-refractivity contribution in [3.05, 3.63) is 34.9 Å². The zero-order valence-electron chi connectivity index (χ0n) is 16.0. The van der Waals surface area contributed by atoms with Crippen LogP contribution in [0.4, 0.5) is 0 Å². The first-order valence-electron chi connectivity index (χ1n) is 9.59. The number of hydrogen-bond acceptors (Lipinski definition) is 3. The van der Waals surface area contributed by atoms with E-state index >= 15 is 0 Å². The molecule has 0 aromatic heterocycles. The van der Waals surface area contributed by atoms with E-state index in [9.17, 15) is 0 Å². The van der Waals surface area contributed by atoms with Crippen LogP contribution in [0.3, 0.4) is 0 Å². The molecule has 142 valence electrons. The Morgan fingerprint density at radius 3 is 2.84 bits per heavy atom. The van der Waals surface area contributed by atoms with Gasteiger partial charge in [0.15, 0.2) is 0 Å². The van der Waals surface area contributed by atoms with Crippen LogP contribution >= 0.6 is 11.6 Å². The number of benzene rings is 1. The summed E-state index contributed by atoms with van der Waals surface area (Å²) in [6, 6.07) is 8.28. The van der Waals surface area contributed by atoms with Gasteiger partial charge in [0.2, 0.25) is 0 Å². The molecule has 1 aromatic carbocycles. The molecule has 25 heavy (non-hydrogen) atoms. The highest BCUT2D eigenvalue weighted by Crippen LogP contribution is 2.37. The van der Waals surface area contributed by atoms with Gasteiger partial charge in [-0.1, -0.05) is 29.8 Å². The molecular weight excluding hydrogens is 334 g/mol. The van der Waals surface area contributed by atoms with Gasteiger partial charge in [0.25, 0.3) is 0 Å². The molecule has 0 radical (unpaired) electrons. The fourth-order valence-corrected chi connectivity index (χ4v) is 4.10. The van der Waals surface area contributed by atoms with Crippen LogP contribution < -0.4 is 5.32 Å². The first kappa shape index (κ1) is 20.7. The molecule has 2 atom stereocenters. The molecular formula is C21H34ClNO2. The Kier molecular flexibility index (Phi) is 8.71. The number of halogens is 1. The van der Waals surface area contributed by atoms with Crippen LogP contribution in [0.5, 0.6) is 0 Å². The Labute approximate surface area is 158 Å². The van der Waals surface area contributed by atoms with Crippen LogP contribution in [-0.2, 0) is 15.9 Å². The quantitative estimate of drug-likeness (QED) is 0.607. The third kappa shape index (κ3) is 7.26. The lowest BCUT2D eigenvalue weighted by molar-refractivity contribution is -0.0830. The predicted octanol–water partition coefficient (Wildman–Crippen LogP) is 4.72. The van der Waals surface area contributed by atoms with E-state index in [0.717, 1.165) is 57.0 Å². The Bertz CT molecular complexity index is 506. The maximum absolute atomic E-state index is 6.43. The van der Waals surface area contributed by atoms with E-state index in [1.54, 1.807) is 7.11 Å². The number of hydrogen-bond donors (Lipinski definition) is 1. The number of nitrogens with one attached hydrogen (secondary N) is 1. The molecule has 1 heterocycles. The van der Waals surface area contributed by atoms with Gasteiger partial charge in [-0.15, -0.1) is 0 Å². The molecule has 0 spiro atoms. The van der Waals surface area contributed by atoms with Crippen molar-refractivity contribution >= 4 is 11.6 Å². The lowest BCUT2D eigenvalue weighted by Gasteiger charge is -2.39. The molecule has 4 heteroatoms. The molecule has 1 N–H and O–H groups in total. The van der Waals surface area contributed by atoms with Gasteiger partial charge in [-0.2, -0.15) is 0 Å². The largest absolute Gasteiger partial charge is 0.385 e. The Hall–Kier alpha value is -0.610. The summed E-state index contributed by atoms with van der Waals surface area (Å²) in [6.07, 6.45) is 5.59. The second kappa shape index (κ2) is 10.5. The highest BCUT2D eigenvalue weighted by Gasteiger charge is 2.33. The van der Waals surface area contributed by atoms with E-state index in [0.29, 0.717) is 11.8 Å². The molecule has 1 saturated heterocycles. The Morgan fingerprint density at radius 1 is 1.32 bits per heavy atom. The fourth-order valence-electron chi connectivity index (χ4n) is 3.89. The van der Waals surface area contributed by atoms with E-state index in [4.69, 9.17) is 21.1 Å². The van der Waals surface area contributed by atoms with Crippen molar-refractivity contribution in [3.8, 4) is 0 Å². The van der Waals surface area contributed by atoms with Crippen molar-refractivity contribution in [2.24, 2.45) is 11.8 Å². The summed E-state index contributed by atoms with van der Waals surface area (Å²) in [4.78, 5) is 0. The van der Waals surface area contributed by atoms with Gasteiger partial charge < -0.3 is 14.8 Å². The van der Waals surface area contributed by atoms with E-state index in [2.05, 4.69) is 31.3 Å². The average Bonchev–Trinajstić information content (AvgIpc) is 2.57. The van der Waals surface area contributed by atoms with Crippen molar-refractivity contribution < 1.29 is 9.47 Å². The summed E-state index contributed by atoms with van der Waals surface area (Å²) < 4.78 is 11.0. The number of rotatable bonds is 10. The Balaban J connectivity index is 1.94. The number of methoxy groups -OCH3 is 1. The van der Waals surface area contributed by atoms with Crippen LogP contribution in [0.15, 0.2) is 24.3 Å². The molecule has 1 aliphatic heterocycles. The van der Waals surface area contributed by atoms with Gasteiger partial charge in [0.05, 0.1) is 5.60 Å². The molecule has 2 rings (SSSR count). The second-order valence-electron chi connectivity index (χ2n) is 7.80. The van der Waals surface area contributed by atoms with Crippen LogP contribution in [-0.4, -0.2) is 39.0 Å². The van der Waals surface area contributed by atoms with Gasteiger partial charge in [-0.05, 0) is 82.5 Å². The molecule has 1 aromatic rings. The van der Waals surface area contributed by atoms with E-state index in [1.807, 2.05) is 12.1 Å². The van der Waals surface area contributed by atoms with Gasteiger partial charge in [0, 0.05) is 25.3 Å². The molecule has 0 aliphatic carbocycles. The summed E-state index contributed by atoms with van der Waals surface area (Å²) in [6.45, 7) is 8.20. The molecule has 1 fully saturated rings. The third-order valence-electron chi connectivity index (χ3n) is 5.24. The SMILES string of the molecule is COCCCNCC[C@H](Cc1ccccc1Cl)[C@@H]1CCOC(C)(C)C1. The van der Waals surface area contributed by atoms with Crippen molar-refractivity contribution in [1.29, 1.82) is 0 Å². The standard InChI is InChI=1S/C21H34ClNO2/c1-21(2)16-19(10-14-25-21)17(9-12-23-11-6-13-24-3)15-18-7-4-5-8-20(18)22/h4-5,7-8,17,19,23H,6,9-16H2,1-3H3/t17-,19-/m1/s1. The van der Waals surface area contributed by atoms with Gasteiger partial charge in [-0.25, -0.2) is 0 Å². The zero-order valence-corrected chi connectivity index (χ0v) is 16.8. The summed E-state index contributed by atoms with van der Waals surface area (Å²) in [5.74, 6) is 1.33. The van der Waals surface area contributed by atoms with Crippen LogP contribution in [0, 0.1) is 11.8 Å². The minimum atomic E-state index is -0.00641. The van der Waals surface area contributed by atoms with Crippen molar-refractivity contribution in [3.63, 3.8) is 0 Å². The van der Waals surface area contributed by atoms with Gasteiger partial charge in [-0.3, -0.25) is 0 Å². The second-order valence-corrected chi connectivity index (χ2v) is 8.21. The summed E-state index contributed by atoms with van der Waals surface area (Å²) >= 11 is 6.43. The number of ether oxygens (including phenoxy) is 2. The molecule has 0 saturated carbocycles. The highest BCUT2D eigenvalue weighted by atomic mass is 35.5. The minimum absolute atomic E-state index is 0.00641. The lowest BCUT2D eigenvalue weighted by atomic mass is 9.75. The van der Waals surface area contributed by atoms with E-state index in [-0.39, 0.29) is 5.60 Å². The van der Waals surface area contributed by atoms with Crippen molar-refractivity contribution in [1.82, 2.24) is 5.32 Å². The van der Waals surface area contributed by atoms with E-state index < -0.39 is 0 Å². The summed E-state index contributed by atoms with van der Waals surface area (Å²) in [5, 5.41) is 4.46. The van der Waals surface area contributed by atoms with Gasteiger partial charge >= 0.3 is 0 Å². The summed E-state index contributed by atoms with van der Waals surface area (Å²) in [5.41, 5.74) is 1.27. The normalized spacial score (nSPS) is 21.2. The minimum Gasteiger partial charge on any atom is -0.385 e. The lowest BCUT2D eigenvalue weighted by Crippen LogP contribution is -2.38. The average molecular weight is 368 g/mol. The topological polar surface area (TPSA) is 30.5 Å². The molecule has 1 aliphatic rings. The monoisotopic (exact) mass is 367 g/mol. The molecule has 3 nitrogen and oxygen atoms in total. The molecule has 0 unspecified atom stereocenters. The molecule has 0 amide bonds. The fraction of sp³-hybridized carbons (Fsp3) is 0.714. The van der Waals surface area contributed by atoms with Crippen LogP contribution in [0.25, 0.3) is 0 Å². The predicted molar refractivity (Wildman–Crippen MR) is 105 cm³/mol. The van der Waals surface area contributed by atoms with E-state index in [1.165, 1.54) is 12.0 Å². The first-order chi connectivity index (χ1) is 12.0. The third-order valence-corrected chi connectivity index (χ3v) is 5.60. The Morgan fingerprint density at radius 2 is 2.12 bits per heavy atom. The van der Waals surface area contributed by atoms with Crippen LogP contribution in [0.1, 0.15) is 45.1 Å². The first-order valence-corrected chi connectivity index (χ1v) is 9.96. The van der Waals surface area contributed by atoms with Crippen LogP contribution in [0.2, 0.25) is 5.02 Å². The molecule has 0 bridgehead atoms. The smallest absolute Gasteiger partial charge is 0.0629 e. The maximum Gasteiger partial charge on any atom is 0.0629 e. The maximum atomic E-state index is 6.43.